The first-order valence-electron chi connectivity index (χ1n) is 5.69. The molecule has 2 rings (SSSR count). The Morgan fingerprint density at radius 2 is 2.05 bits per heavy atom. The fraction of sp³-hybridized carbons (Fsp3) is 0.154. The second-order valence-electron chi connectivity index (χ2n) is 4.19. The largest absolute Gasteiger partial charge is 0.302 e. The van der Waals surface area contributed by atoms with E-state index in [0.29, 0.717) is 0 Å². The molecule has 0 saturated heterocycles. The van der Waals surface area contributed by atoms with E-state index < -0.39 is 16.3 Å². The van der Waals surface area contributed by atoms with Crippen molar-refractivity contribution in [3.05, 3.63) is 72.9 Å². The number of aromatic nitrogens is 1. The number of benzene rings is 1. The van der Waals surface area contributed by atoms with Crippen molar-refractivity contribution < 1.29 is 9.31 Å². The summed E-state index contributed by atoms with van der Waals surface area (Å²) in [5.74, 6) is -0.560. The van der Waals surface area contributed by atoms with Crippen LogP contribution in [0.1, 0.15) is 11.3 Å². The van der Waals surface area contributed by atoms with E-state index in [2.05, 4.69) is 0 Å². The van der Waals surface area contributed by atoms with Gasteiger partial charge in [-0.05, 0) is 19.1 Å². The van der Waals surface area contributed by atoms with Crippen molar-refractivity contribution in [1.82, 2.24) is 4.57 Å². The van der Waals surface area contributed by atoms with Gasteiger partial charge in [0.25, 0.3) is 11.2 Å². The number of pyridine rings is 1. The molecule has 0 spiro atoms. The zero-order chi connectivity index (χ0) is 14.9. The van der Waals surface area contributed by atoms with Gasteiger partial charge in [0.05, 0.1) is 17.2 Å². The van der Waals surface area contributed by atoms with Gasteiger partial charge < -0.3 is 4.57 Å². The van der Waals surface area contributed by atoms with Gasteiger partial charge >= 0.3 is 0 Å². The molecule has 20 heavy (non-hydrogen) atoms. The zero-order valence-corrected chi connectivity index (χ0v) is 11.2. The van der Waals surface area contributed by atoms with E-state index in [1.54, 1.807) is 0 Å². The van der Waals surface area contributed by atoms with Gasteiger partial charge in [0, 0.05) is 22.7 Å². The quantitative estimate of drug-likeness (QED) is 0.646. The van der Waals surface area contributed by atoms with Gasteiger partial charge in [-0.15, -0.1) is 0 Å². The SMILES string of the molecule is Cc1c([N+](=O)[O-])ccc(=O)n1Cc1c(F)cccc1Cl. The minimum Gasteiger partial charge on any atom is -0.302 e. The summed E-state index contributed by atoms with van der Waals surface area (Å²) in [5.41, 5.74) is -0.369. The van der Waals surface area contributed by atoms with Gasteiger partial charge in [-0.1, -0.05) is 17.7 Å². The Balaban J connectivity index is 2.57. The molecule has 0 saturated carbocycles. The average Bonchev–Trinajstić information content (AvgIpc) is 2.36. The van der Waals surface area contributed by atoms with Crippen LogP contribution in [-0.2, 0) is 6.54 Å². The standard InChI is InChI=1S/C13H10ClFN2O3/c1-8-12(17(19)20)5-6-13(18)16(8)7-9-10(14)3-2-4-11(9)15/h2-6H,7H2,1H3. The van der Waals surface area contributed by atoms with E-state index in [4.69, 9.17) is 11.6 Å². The number of hydrogen-bond acceptors (Lipinski definition) is 3. The van der Waals surface area contributed by atoms with Crippen LogP contribution in [0, 0.1) is 22.9 Å². The summed E-state index contributed by atoms with van der Waals surface area (Å²) in [7, 11) is 0. The molecule has 0 unspecified atom stereocenters. The Bertz CT molecular complexity index is 723. The molecule has 0 amide bonds. The van der Waals surface area contributed by atoms with Crippen LogP contribution in [0.3, 0.4) is 0 Å². The van der Waals surface area contributed by atoms with Gasteiger partial charge in [0.2, 0.25) is 0 Å². The Morgan fingerprint density at radius 1 is 1.35 bits per heavy atom. The Morgan fingerprint density at radius 3 is 2.65 bits per heavy atom. The first kappa shape index (κ1) is 14.2. The molecule has 0 aliphatic carbocycles. The number of nitrogens with zero attached hydrogens (tertiary/aromatic N) is 2. The number of halogens is 2. The molecule has 0 aliphatic rings. The first-order valence-corrected chi connectivity index (χ1v) is 6.07. The molecule has 0 fully saturated rings. The molecule has 1 heterocycles. The van der Waals surface area contributed by atoms with E-state index in [9.17, 15) is 19.3 Å². The van der Waals surface area contributed by atoms with Crippen LogP contribution in [0.25, 0.3) is 0 Å². The highest BCUT2D eigenvalue weighted by atomic mass is 35.5. The van der Waals surface area contributed by atoms with Crippen molar-refractivity contribution in [2.24, 2.45) is 0 Å². The molecule has 0 atom stereocenters. The van der Waals surface area contributed by atoms with Crippen molar-refractivity contribution in [1.29, 1.82) is 0 Å². The minimum atomic E-state index is -0.589. The summed E-state index contributed by atoms with van der Waals surface area (Å²) in [6.07, 6.45) is 0. The van der Waals surface area contributed by atoms with Crippen molar-refractivity contribution in [3.63, 3.8) is 0 Å². The van der Waals surface area contributed by atoms with Crippen molar-refractivity contribution >= 4 is 17.3 Å². The molecule has 0 bridgehead atoms. The normalized spacial score (nSPS) is 10.6. The second kappa shape index (κ2) is 5.42. The van der Waals surface area contributed by atoms with Crippen molar-refractivity contribution in [3.8, 4) is 0 Å². The average molecular weight is 297 g/mol. The van der Waals surface area contributed by atoms with E-state index in [1.165, 1.54) is 25.1 Å². The molecule has 1 aromatic heterocycles. The number of hydrogen-bond donors (Lipinski definition) is 0. The van der Waals surface area contributed by atoms with Crippen LogP contribution in [-0.4, -0.2) is 9.49 Å². The molecular formula is C13H10ClFN2O3. The Kier molecular flexibility index (Phi) is 3.85. The lowest BCUT2D eigenvalue weighted by atomic mass is 10.2. The second-order valence-corrected chi connectivity index (χ2v) is 4.59. The smallest absolute Gasteiger partial charge is 0.288 e. The first-order chi connectivity index (χ1) is 9.41. The number of nitro groups is 1. The lowest BCUT2D eigenvalue weighted by molar-refractivity contribution is -0.386. The van der Waals surface area contributed by atoms with E-state index in [0.717, 1.165) is 16.7 Å². The molecule has 0 aliphatic heterocycles. The van der Waals surface area contributed by atoms with Crippen molar-refractivity contribution in [2.45, 2.75) is 13.5 Å². The predicted octanol–water partition coefficient (Wildman–Crippen LogP) is 2.91. The molecule has 7 heteroatoms. The van der Waals surface area contributed by atoms with Gasteiger partial charge in [0.1, 0.15) is 5.82 Å². The molecular weight excluding hydrogens is 287 g/mol. The zero-order valence-electron chi connectivity index (χ0n) is 10.5. The third kappa shape index (κ3) is 2.55. The molecule has 5 nitrogen and oxygen atoms in total. The fourth-order valence-electron chi connectivity index (χ4n) is 1.90. The minimum absolute atomic E-state index is 0.125. The van der Waals surface area contributed by atoms with Crippen LogP contribution in [0.2, 0.25) is 5.02 Å². The van der Waals surface area contributed by atoms with E-state index >= 15 is 0 Å². The van der Waals surface area contributed by atoms with Gasteiger partial charge in [-0.3, -0.25) is 14.9 Å². The number of rotatable bonds is 3. The lowest BCUT2D eigenvalue weighted by Gasteiger charge is -2.11. The molecule has 104 valence electrons. The van der Waals surface area contributed by atoms with Gasteiger partial charge in [0.15, 0.2) is 0 Å². The molecule has 1 aromatic carbocycles. The predicted molar refractivity (Wildman–Crippen MR) is 72.6 cm³/mol. The topological polar surface area (TPSA) is 65.1 Å². The highest BCUT2D eigenvalue weighted by Gasteiger charge is 2.17. The fourth-order valence-corrected chi connectivity index (χ4v) is 2.12. The maximum atomic E-state index is 13.7. The van der Waals surface area contributed by atoms with Crippen LogP contribution in [0.15, 0.2) is 35.1 Å². The van der Waals surface area contributed by atoms with Crippen LogP contribution >= 0.6 is 11.6 Å². The maximum Gasteiger partial charge on any atom is 0.288 e. The molecule has 0 radical (unpaired) electrons. The van der Waals surface area contributed by atoms with E-state index in [-0.39, 0.29) is 28.5 Å². The van der Waals surface area contributed by atoms with Crippen LogP contribution in [0.4, 0.5) is 10.1 Å². The summed E-state index contributed by atoms with van der Waals surface area (Å²) in [6, 6.07) is 6.39. The summed E-state index contributed by atoms with van der Waals surface area (Å²) in [6.45, 7) is 1.28. The summed E-state index contributed by atoms with van der Waals surface area (Å²) < 4.78 is 14.9. The monoisotopic (exact) mass is 296 g/mol. The van der Waals surface area contributed by atoms with Crippen molar-refractivity contribution in [2.75, 3.05) is 0 Å². The van der Waals surface area contributed by atoms with Gasteiger partial charge in [-0.25, -0.2) is 4.39 Å². The summed E-state index contributed by atoms with van der Waals surface area (Å²) in [4.78, 5) is 22.1. The third-order valence-electron chi connectivity index (χ3n) is 3.00. The Hall–Kier alpha value is -2.21. The summed E-state index contributed by atoms with van der Waals surface area (Å²) in [5, 5.41) is 11.0. The summed E-state index contributed by atoms with van der Waals surface area (Å²) >= 11 is 5.90. The maximum absolute atomic E-state index is 13.7. The molecule has 2 aromatic rings. The van der Waals surface area contributed by atoms with Crippen LogP contribution in [0.5, 0.6) is 0 Å². The Labute approximate surface area is 118 Å². The van der Waals surface area contributed by atoms with Gasteiger partial charge in [-0.2, -0.15) is 0 Å². The highest BCUT2D eigenvalue weighted by molar-refractivity contribution is 6.31. The lowest BCUT2D eigenvalue weighted by Crippen LogP contribution is -2.23. The van der Waals surface area contributed by atoms with Crippen LogP contribution < -0.4 is 5.56 Å². The van der Waals surface area contributed by atoms with E-state index in [1.807, 2.05) is 0 Å². The highest BCUT2D eigenvalue weighted by Crippen LogP contribution is 2.22. The third-order valence-corrected chi connectivity index (χ3v) is 3.35. The molecule has 0 N–H and O–H groups in total.